The average molecular weight is 298 g/mol. The van der Waals surface area contributed by atoms with Crippen LogP contribution >= 0.6 is 11.8 Å². The SMILES string of the molecule is CCCNc1cccc(SCC(=O)OCC)c1[N+](=O)[O-]. The molecule has 1 aromatic rings. The quantitative estimate of drug-likeness (QED) is 0.344. The third-order valence-electron chi connectivity index (χ3n) is 2.40. The zero-order valence-electron chi connectivity index (χ0n) is 11.5. The Balaban J connectivity index is 2.88. The van der Waals surface area contributed by atoms with Crippen LogP contribution in [0, 0.1) is 10.1 Å². The summed E-state index contributed by atoms with van der Waals surface area (Å²) in [4.78, 5) is 22.6. The number of carbonyl (C=O) groups is 1. The molecule has 0 heterocycles. The van der Waals surface area contributed by atoms with Gasteiger partial charge in [-0.3, -0.25) is 14.9 Å². The molecule has 0 aliphatic carbocycles. The molecule has 6 nitrogen and oxygen atoms in total. The topological polar surface area (TPSA) is 81.5 Å². The Morgan fingerprint density at radius 3 is 2.80 bits per heavy atom. The molecule has 0 unspecified atom stereocenters. The van der Waals surface area contributed by atoms with Gasteiger partial charge in [-0.05, 0) is 25.5 Å². The van der Waals surface area contributed by atoms with Crippen LogP contribution < -0.4 is 5.32 Å². The van der Waals surface area contributed by atoms with E-state index in [-0.39, 0.29) is 17.4 Å². The molecule has 110 valence electrons. The minimum absolute atomic E-state index is 0.00949. The summed E-state index contributed by atoms with van der Waals surface area (Å²) in [5, 5.41) is 14.2. The van der Waals surface area contributed by atoms with Crippen molar-refractivity contribution in [3.8, 4) is 0 Å². The fourth-order valence-electron chi connectivity index (χ4n) is 1.57. The molecule has 0 fully saturated rings. The number of hydrogen-bond acceptors (Lipinski definition) is 6. The Morgan fingerprint density at radius 1 is 1.45 bits per heavy atom. The third kappa shape index (κ3) is 4.73. The molecule has 0 bridgehead atoms. The molecule has 1 N–H and O–H groups in total. The van der Waals surface area contributed by atoms with E-state index in [1.54, 1.807) is 25.1 Å². The number of nitro benzene ring substituents is 1. The second kappa shape index (κ2) is 8.42. The van der Waals surface area contributed by atoms with E-state index >= 15 is 0 Å². The molecule has 20 heavy (non-hydrogen) atoms. The van der Waals surface area contributed by atoms with Gasteiger partial charge in [0.2, 0.25) is 0 Å². The fourth-order valence-corrected chi connectivity index (χ4v) is 2.42. The van der Waals surface area contributed by atoms with Crippen LogP contribution in [0.1, 0.15) is 20.3 Å². The maximum atomic E-state index is 11.3. The van der Waals surface area contributed by atoms with Crippen LogP contribution in [0.25, 0.3) is 0 Å². The van der Waals surface area contributed by atoms with Crippen molar-refractivity contribution >= 4 is 29.1 Å². The van der Waals surface area contributed by atoms with Gasteiger partial charge in [0, 0.05) is 6.54 Å². The van der Waals surface area contributed by atoms with E-state index in [4.69, 9.17) is 4.74 Å². The van der Waals surface area contributed by atoms with Gasteiger partial charge in [-0.15, -0.1) is 11.8 Å². The lowest BCUT2D eigenvalue weighted by atomic mass is 10.2. The summed E-state index contributed by atoms with van der Waals surface area (Å²) in [6, 6.07) is 5.04. The number of nitrogens with one attached hydrogen (secondary N) is 1. The zero-order chi connectivity index (χ0) is 15.0. The number of thioether (sulfide) groups is 1. The summed E-state index contributed by atoms with van der Waals surface area (Å²) in [5.41, 5.74) is 0.487. The first-order valence-electron chi connectivity index (χ1n) is 6.39. The standard InChI is InChI=1S/C13H18N2O4S/c1-3-8-14-10-6-5-7-11(13(10)15(17)18)20-9-12(16)19-4-2/h5-7,14H,3-4,8-9H2,1-2H3. The van der Waals surface area contributed by atoms with Gasteiger partial charge in [-0.1, -0.05) is 13.0 Å². The van der Waals surface area contributed by atoms with E-state index in [1.165, 1.54) is 0 Å². The Kier molecular flexibility index (Phi) is 6.86. The number of nitrogens with zero attached hydrogens (tertiary/aromatic N) is 1. The monoisotopic (exact) mass is 298 g/mol. The molecule has 0 aromatic heterocycles. The highest BCUT2D eigenvalue weighted by Gasteiger charge is 2.20. The van der Waals surface area contributed by atoms with Crippen molar-refractivity contribution in [3.63, 3.8) is 0 Å². The Labute approximate surface area is 122 Å². The molecule has 0 saturated heterocycles. The molecule has 0 spiro atoms. The molecule has 0 amide bonds. The first kappa shape index (κ1) is 16.3. The van der Waals surface area contributed by atoms with Crippen LogP contribution in [0.4, 0.5) is 11.4 Å². The highest BCUT2D eigenvalue weighted by Crippen LogP contribution is 2.35. The van der Waals surface area contributed by atoms with Crippen molar-refractivity contribution in [2.24, 2.45) is 0 Å². The number of para-hydroxylation sites is 1. The van der Waals surface area contributed by atoms with E-state index in [9.17, 15) is 14.9 Å². The Hall–Kier alpha value is -1.76. The van der Waals surface area contributed by atoms with Gasteiger partial charge < -0.3 is 10.1 Å². The predicted octanol–water partition coefficient (Wildman–Crippen LogP) is 3.07. The molecule has 0 radical (unpaired) electrons. The number of benzene rings is 1. The van der Waals surface area contributed by atoms with Crippen LogP contribution in [-0.4, -0.2) is 29.8 Å². The third-order valence-corrected chi connectivity index (χ3v) is 3.42. The van der Waals surface area contributed by atoms with E-state index in [0.29, 0.717) is 23.7 Å². The second-order valence-electron chi connectivity index (χ2n) is 3.93. The van der Waals surface area contributed by atoms with E-state index in [0.717, 1.165) is 18.2 Å². The molecule has 0 aliphatic heterocycles. The molecule has 1 aromatic carbocycles. The van der Waals surface area contributed by atoms with Crippen molar-refractivity contribution in [2.45, 2.75) is 25.2 Å². The lowest BCUT2D eigenvalue weighted by Gasteiger charge is -2.09. The lowest BCUT2D eigenvalue weighted by molar-refractivity contribution is -0.386. The van der Waals surface area contributed by atoms with Crippen molar-refractivity contribution in [1.29, 1.82) is 0 Å². The summed E-state index contributed by atoms with van der Waals surface area (Å²) < 4.78 is 4.81. The number of ether oxygens (including phenoxy) is 1. The van der Waals surface area contributed by atoms with Crippen LogP contribution in [-0.2, 0) is 9.53 Å². The maximum Gasteiger partial charge on any atom is 0.316 e. The van der Waals surface area contributed by atoms with Crippen molar-refractivity contribution in [1.82, 2.24) is 0 Å². The molecular formula is C13H18N2O4S. The molecule has 0 saturated carbocycles. The molecule has 0 atom stereocenters. The van der Waals surface area contributed by atoms with Gasteiger partial charge >= 0.3 is 11.7 Å². The van der Waals surface area contributed by atoms with Crippen LogP contribution in [0.15, 0.2) is 23.1 Å². The number of nitro groups is 1. The highest BCUT2D eigenvalue weighted by atomic mass is 32.2. The summed E-state index contributed by atoms with van der Waals surface area (Å²) in [7, 11) is 0. The molecule has 7 heteroatoms. The van der Waals surface area contributed by atoms with Crippen LogP contribution in [0.5, 0.6) is 0 Å². The zero-order valence-corrected chi connectivity index (χ0v) is 12.4. The van der Waals surface area contributed by atoms with Gasteiger partial charge in [-0.2, -0.15) is 0 Å². The average Bonchev–Trinajstić information content (AvgIpc) is 2.42. The maximum absolute atomic E-state index is 11.3. The minimum atomic E-state index is -0.425. The van der Waals surface area contributed by atoms with Crippen molar-refractivity contribution < 1.29 is 14.5 Å². The summed E-state index contributed by atoms with van der Waals surface area (Å²) in [6.07, 6.45) is 0.872. The second-order valence-corrected chi connectivity index (χ2v) is 4.95. The highest BCUT2D eigenvalue weighted by molar-refractivity contribution is 8.00. The molecule has 0 aliphatic rings. The first-order chi connectivity index (χ1) is 9.60. The summed E-state index contributed by atoms with van der Waals surface area (Å²) >= 11 is 1.11. The predicted molar refractivity (Wildman–Crippen MR) is 79.2 cm³/mol. The Morgan fingerprint density at radius 2 is 2.20 bits per heavy atom. The van der Waals surface area contributed by atoms with Gasteiger partial charge in [0.1, 0.15) is 5.69 Å². The smallest absolute Gasteiger partial charge is 0.316 e. The summed E-state index contributed by atoms with van der Waals surface area (Å²) in [5.74, 6) is -0.315. The first-order valence-corrected chi connectivity index (χ1v) is 7.38. The van der Waals surface area contributed by atoms with Gasteiger partial charge in [0.25, 0.3) is 0 Å². The fraction of sp³-hybridized carbons (Fsp3) is 0.462. The number of rotatable bonds is 8. The number of carbonyl (C=O) groups excluding carboxylic acids is 1. The van der Waals surface area contributed by atoms with Gasteiger partial charge in [-0.25, -0.2) is 0 Å². The Bertz CT molecular complexity index is 479. The lowest BCUT2D eigenvalue weighted by Crippen LogP contribution is -2.07. The number of hydrogen-bond donors (Lipinski definition) is 1. The minimum Gasteiger partial charge on any atom is -0.465 e. The van der Waals surface area contributed by atoms with Gasteiger partial charge in [0.15, 0.2) is 0 Å². The van der Waals surface area contributed by atoms with Crippen LogP contribution in [0.2, 0.25) is 0 Å². The van der Waals surface area contributed by atoms with Crippen molar-refractivity contribution in [3.05, 3.63) is 28.3 Å². The normalized spacial score (nSPS) is 10.1. The van der Waals surface area contributed by atoms with E-state index in [2.05, 4.69) is 5.32 Å². The van der Waals surface area contributed by atoms with Gasteiger partial charge in [0.05, 0.1) is 22.2 Å². The number of esters is 1. The van der Waals surface area contributed by atoms with E-state index in [1.807, 2.05) is 6.92 Å². The molecule has 1 rings (SSSR count). The van der Waals surface area contributed by atoms with Crippen LogP contribution in [0.3, 0.4) is 0 Å². The largest absolute Gasteiger partial charge is 0.465 e. The summed E-state index contributed by atoms with van der Waals surface area (Å²) in [6.45, 7) is 4.67. The van der Waals surface area contributed by atoms with E-state index < -0.39 is 4.92 Å². The van der Waals surface area contributed by atoms with Crippen molar-refractivity contribution in [2.75, 3.05) is 24.2 Å². The number of anilines is 1. The molecular weight excluding hydrogens is 280 g/mol.